The minimum Gasteiger partial charge on any atom is -0.481 e. The molecule has 92 valence electrons. The van der Waals surface area contributed by atoms with Crippen molar-refractivity contribution >= 4 is 11.9 Å². The number of carboxylic acid groups (broad SMARTS) is 1. The first kappa shape index (κ1) is 13.0. The molecule has 1 saturated carbocycles. The normalized spacial score (nSPS) is 18.3. The third-order valence-electron chi connectivity index (χ3n) is 3.04. The van der Waals surface area contributed by atoms with Crippen LogP contribution in [0, 0.1) is 0 Å². The summed E-state index contributed by atoms with van der Waals surface area (Å²) in [5.41, 5.74) is -0.260. The first-order valence-corrected chi connectivity index (χ1v) is 5.95. The van der Waals surface area contributed by atoms with Gasteiger partial charge in [-0.2, -0.15) is 0 Å². The van der Waals surface area contributed by atoms with E-state index in [4.69, 9.17) is 9.84 Å². The van der Waals surface area contributed by atoms with E-state index in [0.717, 1.165) is 25.7 Å². The van der Waals surface area contributed by atoms with Crippen molar-refractivity contribution in [3.63, 3.8) is 0 Å². The molecular weight excluding hydrogens is 208 g/mol. The lowest BCUT2D eigenvalue weighted by molar-refractivity contribution is -0.157. The van der Waals surface area contributed by atoms with Crippen molar-refractivity contribution in [2.75, 3.05) is 0 Å². The molecule has 0 bridgehead atoms. The van der Waals surface area contributed by atoms with Crippen LogP contribution in [0.1, 0.15) is 58.3 Å². The summed E-state index contributed by atoms with van der Waals surface area (Å²) in [5.74, 6) is -0.995. The van der Waals surface area contributed by atoms with Crippen molar-refractivity contribution in [1.29, 1.82) is 0 Å². The Kier molecular flexibility index (Phi) is 4.77. The van der Waals surface area contributed by atoms with Crippen molar-refractivity contribution in [3.05, 3.63) is 0 Å². The van der Waals surface area contributed by atoms with Gasteiger partial charge in [0.2, 0.25) is 0 Å². The van der Waals surface area contributed by atoms with Crippen molar-refractivity contribution < 1.29 is 19.4 Å². The van der Waals surface area contributed by atoms with Crippen molar-refractivity contribution in [1.82, 2.24) is 0 Å². The Labute approximate surface area is 96.0 Å². The Morgan fingerprint density at radius 2 is 1.75 bits per heavy atom. The predicted molar refractivity (Wildman–Crippen MR) is 59.1 cm³/mol. The van der Waals surface area contributed by atoms with Crippen LogP contribution in [0.5, 0.6) is 0 Å². The molecule has 1 fully saturated rings. The van der Waals surface area contributed by atoms with Crippen LogP contribution < -0.4 is 0 Å². The maximum atomic E-state index is 11.5. The van der Waals surface area contributed by atoms with Crippen molar-refractivity contribution in [2.24, 2.45) is 0 Å². The third kappa shape index (κ3) is 4.64. The molecule has 0 aliphatic heterocycles. The minimum absolute atomic E-state index is 0.130. The minimum atomic E-state index is -0.809. The summed E-state index contributed by atoms with van der Waals surface area (Å²) in [5, 5.41) is 8.43. The molecule has 0 saturated heterocycles. The lowest BCUT2D eigenvalue weighted by Gasteiger charge is -2.23. The van der Waals surface area contributed by atoms with Crippen LogP contribution in [0.4, 0.5) is 0 Å². The number of aliphatic carboxylic acids is 1. The SMILES string of the molecule is CC1(OC(=O)CCCCC(=O)O)CCCC1. The molecule has 0 heterocycles. The van der Waals surface area contributed by atoms with Gasteiger partial charge in [0, 0.05) is 12.8 Å². The standard InChI is InChI=1S/C12H20O4/c1-12(8-4-5-9-12)16-11(15)7-3-2-6-10(13)14/h2-9H2,1H3,(H,13,14). The number of hydrogen-bond acceptors (Lipinski definition) is 3. The van der Waals surface area contributed by atoms with E-state index in [1.54, 1.807) is 0 Å². The van der Waals surface area contributed by atoms with Gasteiger partial charge in [-0.25, -0.2) is 0 Å². The van der Waals surface area contributed by atoms with Crippen LogP contribution in [0.15, 0.2) is 0 Å². The van der Waals surface area contributed by atoms with Gasteiger partial charge >= 0.3 is 11.9 Å². The highest BCUT2D eigenvalue weighted by Gasteiger charge is 2.32. The summed E-state index contributed by atoms with van der Waals surface area (Å²) >= 11 is 0. The second kappa shape index (κ2) is 5.87. The number of rotatable bonds is 6. The number of esters is 1. The average molecular weight is 228 g/mol. The van der Waals surface area contributed by atoms with Gasteiger partial charge in [0.15, 0.2) is 0 Å². The van der Waals surface area contributed by atoms with Crippen LogP contribution in [-0.4, -0.2) is 22.6 Å². The fourth-order valence-corrected chi connectivity index (χ4v) is 2.10. The van der Waals surface area contributed by atoms with Gasteiger partial charge in [-0.05, 0) is 45.4 Å². The number of unbranched alkanes of at least 4 members (excludes halogenated alkanes) is 1. The molecule has 0 aromatic heterocycles. The number of carbonyl (C=O) groups is 2. The molecule has 0 spiro atoms. The fourth-order valence-electron chi connectivity index (χ4n) is 2.10. The predicted octanol–water partition coefficient (Wildman–Crippen LogP) is 2.51. The fraction of sp³-hybridized carbons (Fsp3) is 0.833. The van der Waals surface area contributed by atoms with E-state index in [0.29, 0.717) is 19.3 Å². The number of ether oxygens (including phenoxy) is 1. The average Bonchev–Trinajstić information content (AvgIpc) is 2.59. The smallest absolute Gasteiger partial charge is 0.306 e. The molecule has 1 rings (SSSR count). The van der Waals surface area contributed by atoms with E-state index in [9.17, 15) is 9.59 Å². The van der Waals surface area contributed by atoms with E-state index in [-0.39, 0.29) is 18.0 Å². The summed E-state index contributed by atoms with van der Waals surface area (Å²) in [6, 6.07) is 0. The van der Waals surface area contributed by atoms with Gasteiger partial charge < -0.3 is 9.84 Å². The number of hydrogen-bond donors (Lipinski definition) is 1. The zero-order valence-corrected chi connectivity index (χ0v) is 9.83. The Hall–Kier alpha value is -1.06. The molecule has 4 nitrogen and oxygen atoms in total. The van der Waals surface area contributed by atoms with Crippen molar-refractivity contribution in [2.45, 2.75) is 63.9 Å². The second-order valence-corrected chi connectivity index (χ2v) is 4.73. The van der Waals surface area contributed by atoms with E-state index < -0.39 is 5.97 Å². The van der Waals surface area contributed by atoms with Gasteiger partial charge in [-0.1, -0.05) is 0 Å². The van der Waals surface area contributed by atoms with E-state index in [2.05, 4.69) is 0 Å². The maximum absolute atomic E-state index is 11.5. The Bertz CT molecular complexity index is 254. The van der Waals surface area contributed by atoms with E-state index in [1.165, 1.54) is 0 Å². The highest BCUT2D eigenvalue weighted by Crippen LogP contribution is 2.32. The largest absolute Gasteiger partial charge is 0.481 e. The summed E-state index contributed by atoms with van der Waals surface area (Å²) in [4.78, 5) is 21.7. The molecule has 1 aliphatic rings. The Balaban J connectivity index is 2.13. The van der Waals surface area contributed by atoms with E-state index >= 15 is 0 Å². The third-order valence-corrected chi connectivity index (χ3v) is 3.04. The zero-order valence-electron chi connectivity index (χ0n) is 9.83. The van der Waals surface area contributed by atoms with E-state index in [1.807, 2.05) is 6.92 Å². The molecule has 0 aromatic rings. The van der Waals surface area contributed by atoms with Crippen LogP contribution >= 0.6 is 0 Å². The molecule has 0 atom stereocenters. The molecule has 0 unspecified atom stereocenters. The van der Waals surface area contributed by atoms with Crippen molar-refractivity contribution in [3.8, 4) is 0 Å². The molecule has 4 heteroatoms. The summed E-state index contributed by atoms with van der Waals surface area (Å²) in [6.07, 6.45) is 5.77. The number of carboxylic acids is 1. The molecule has 16 heavy (non-hydrogen) atoms. The molecular formula is C12H20O4. The summed E-state index contributed by atoms with van der Waals surface area (Å²) in [6.45, 7) is 1.98. The second-order valence-electron chi connectivity index (χ2n) is 4.73. The van der Waals surface area contributed by atoms with Crippen LogP contribution in [0.3, 0.4) is 0 Å². The van der Waals surface area contributed by atoms with Gasteiger partial charge in [0.25, 0.3) is 0 Å². The first-order chi connectivity index (χ1) is 7.52. The molecule has 1 N–H and O–H groups in total. The monoisotopic (exact) mass is 228 g/mol. The summed E-state index contributed by atoms with van der Waals surface area (Å²) < 4.78 is 5.42. The number of carbonyl (C=O) groups excluding carboxylic acids is 1. The highest BCUT2D eigenvalue weighted by atomic mass is 16.6. The van der Waals surface area contributed by atoms with Gasteiger partial charge in [-0.3, -0.25) is 9.59 Å². The van der Waals surface area contributed by atoms with Gasteiger partial charge in [0.05, 0.1) is 0 Å². The lowest BCUT2D eigenvalue weighted by Crippen LogP contribution is -2.27. The van der Waals surface area contributed by atoms with Gasteiger partial charge in [0.1, 0.15) is 5.60 Å². The topological polar surface area (TPSA) is 63.6 Å². The first-order valence-electron chi connectivity index (χ1n) is 5.95. The summed E-state index contributed by atoms with van der Waals surface area (Å²) in [7, 11) is 0. The van der Waals surface area contributed by atoms with Crippen LogP contribution in [-0.2, 0) is 14.3 Å². The zero-order chi connectivity index (χ0) is 12.0. The maximum Gasteiger partial charge on any atom is 0.306 e. The van der Waals surface area contributed by atoms with Crippen LogP contribution in [0.25, 0.3) is 0 Å². The molecule has 0 radical (unpaired) electrons. The lowest BCUT2D eigenvalue weighted by atomic mass is 10.1. The quantitative estimate of drug-likeness (QED) is 0.560. The Morgan fingerprint density at radius 3 is 2.31 bits per heavy atom. The van der Waals surface area contributed by atoms with Gasteiger partial charge in [-0.15, -0.1) is 0 Å². The van der Waals surface area contributed by atoms with Crippen LogP contribution in [0.2, 0.25) is 0 Å². The Morgan fingerprint density at radius 1 is 1.19 bits per heavy atom. The molecule has 0 aromatic carbocycles. The molecule has 1 aliphatic carbocycles. The highest BCUT2D eigenvalue weighted by molar-refractivity contribution is 5.70. The molecule has 0 amide bonds.